The molecule has 0 radical (unpaired) electrons. The van der Waals surface area contributed by atoms with Gasteiger partial charge in [0.2, 0.25) is 0 Å². The van der Waals surface area contributed by atoms with E-state index in [1.165, 1.54) is 60.0 Å². The molecule has 0 aromatic carbocycles. The maximum absolute atomic E-state index is 5.02. The Morgan fingerprint density at radius 3 is 1.91 bits per heavy atom. The van der Waals surface area contributed by atoms with Gasteiger partial charge in [-0.1, -0.05) is 0 Å². The van der Waals surface area contributed by atoms with E-state index in [1.807, 2.05) is 6.20 Å². The number of unbranched alkanes of at least 4 members (excludes halogenated alkanes) is 3. The fourth-order valence-corrected chi connectivity index (χ4v) is 22.3. The average Bonchev–Trinajstić information content (AvgIpc) is 2.55. The Kier molecular flexibility index (Phi) is 10.7. The topological polar surface area (TPSA) is 25.8 Å². The van der Waals surface area contributed by atoms with Crippen LogP contribution in [0.5, 0.6) is 0 Å². The first-order valence-electron chi connectivity index (χ1n) is 8.70. The summed E-state index contributed by atoms with van der Waals surface area (Å²) >= 11 is 3.02. The molecule has 0 fully saturated rings. The van der Waals surface area contributed by atoms with Gasteiger partial charge >= 0.3 is 154 Å². The van der Waals surface area contributed by atoms with E-state index in [0.717, 1.165) is 5.16 Å². The van der Waals surface area contributed by atoms with E-state index in [2.05, 4.69) is 47.9 Å². The molecule has 0 saturated carbocycles. The van der Waals surface area contributed by atoms with Crippen LogP contribution >= 0.6 is 27.7 Å². The van der Waals surface area contributed by atoms with Crippen LogP contribution < -0.4 is 3.71 Å². The molecule has 1 heterocycles. The van der Waals surface area contributed by atoms with Gasteiger partial charge in [0.25, 0.3) is 0 Å². The van der Waals surface area contributed by atoms with Gasteiger partial charge in [0.15, 0.2) is 0 Å². The Morgan fingerprint density at radius 2 is 1.50 bits per heavy atom. The van der Waals surface area contributed by atoms with Crippen LogP contribution in [0, 0.1) is 0 Å². The summed E-state index contributed by atoms with van der Waals surface area (Å²) in [5.41, 5.74) is 0. The van der Waals surface area contributed by atoms with Crippen molar-refractivity contribution in [1.29, 1.82) is 0 Å². The molecule has 0 atom stereocenters. The molecule has 0 amide bonds. The molecule has 0 bridgehead atoms. The zero-order chi connectivity index (χ0) is 16.4. The van der Waals surface area contributed by atoms with E-state index in [-0.39, 0.29) is 0 Å². The van der Waals surface area contributed by atoms with Crippen LogP contribution in [0.1, 0.15) is 59.3 Å². The maximum atomic E-state index is 5.02. The molecule has 0 spiro atoms. The fourth-order valence-electron chi connectivity index (χ4n) is 3.10. The van der Waals surface area contributed by atoms with E-state index < -0.39 is 18.4 Å². The van der Waals surface area contributed by atoms with Crippen molar-refractivity contribution in [3.63, 3.8) is 0 Å². The van der Waals surface area contributed by atoms with Crippen molar-refractivity contribution in [3.05, 3.63) is 10.7 Å². The Hall–Kier alpha value is 0.709. The number of hydrogen-bond donors (Lipinski definition) is 0. The quantitative estimate of drug-likeness (QED) is 0.214. The molecule has 1 rings (SSSR count). The predicted octanol–water partition coefficient (Wildman–Crippen LogP) is 6.02. The van der Waals surface area contributed by atoms with Gasteiger partial charge in [-0.3, -0.25) is 0 Å². The second kappa shape index (κ2) is 11.3. The van der Waals surface area contributed by atoms with Crippen molar-refractivity contribution in [2.45, 2.75) is 77.8 Å². The molecule has 0 saturated heterocycles. The van der Waals surface area contributed by atoms with Crippen molar-refractivity contribution >= 4 is 49.8 Å². The zero-order valence-corrected chi connectivity index (χ0v) is 19.9. The fraction of sp³-hybridized carbons (Fsp3) is 0.765. The van der Waals surface area contributed by atoms with Gasteiger partial charge in [0, 0.05) is 0 Å². The van der Waals surface area contributed by atoms with Crippen molar-refractivity contribution in [3.8, 4) is 0 Å². The van der Waals surface area contributed by atoms with Crippen molar-refractivity contribution < 1.29 is 0 Å². The molecule has 0 aliphatic heterocycles. The monoisotopic (exact) mass is 494 g/mol. The molecule has 0 N–H and O–H groups in total. The summed E-state index contributed by atoms with van der Waals surface area (Å²) in [5, 5.41) is 0.948. The second-order valence-corrected chi connectivity index (χ2v) is 20.7. The van der Waals surface area contributed by atoms with Crippen molar-refractivity contribution in [1.82, 2.24) is 9.97 Å². The second-order valence-electron chi connectivity index (χ2n) is 6.14. The third-order valence-corrected chi connectivity index (χ3v) is 21.8. The van der Waals surface area contributed by atoms with Crippen LogP contribution in [0.4, 0.5) is 0 Å². The van der Waals surface area contributed by atoms with Gasteiger partial charge in [-0.25, -0.2) is 0 Å². The molecule has 0 unspecified atom stereocenters. The van der Waals surface area contributed by atoms with E-state index in [1.54, 1.807) is 11.8 Å². The SMILES string of the molecule is CCC[CH2][Sn]([CH2]CCC)([CH2]CCC)[c]1nc(SC)ncc1Br. The van der Waals surface area contributed by atoms with Crippen LogP contribution in [0.2, 0.25) is 13.3 Å². The number of halogens is 1. The molecule has 0 aliphatic carbocycles. The van der Waals surface area contributed by atoms with Crippen molar-refractivity contribution in [2.24, 2.45) is 0 Å². The number of thioether (sulfide) groups is 1. The summed E-state index contributed by atoms with van der Waals surface area (Å²) in [5.74, 6) is 0. The molecular weight excluding hydrogens is 463 g/mol. The average molecular weight is 494 g/mol. The summed E-state index contributed by atoms with van der Waals surface area (Å²) < 4.78 is 7.01. The van der Waals surface area contributed by atoms with Crippen LogP contribution in [0.3, 0.4) is 0 Å². The van der Waals surface area contributed by atoms with Crippen LogP contribution in [-0.4, -0.2) is 34.6 Å². The molecule has 22 heavy (non-hydrogen) atoms. The first kappa shape index (κ1) is 20.8. The first-order valence-corrected chi connectivity index (χ1v) is 18.2. The van der Waals surface area contributed by atoms with Crippen molar-refractivity contribution in [2.75, 3.05) is 6.26 Å². The van der Waals surface area contributed by atoms with Gasteiger partial charge in [-0.05, 0) is 0 Å². The van der Waals surface area contributed by atoms with E-state index in [4.69, 9.17) is 4.98 Å². The van der Waals surface area contributed by atoms with Crippen LogP contribution in [0.15, 0.2) is 15.8 Å². The Balaban J connectivity index is 3.23. The van der Waals surface area contributed by atoms with Crippen LogP contribution in [0.25, 0.3) is 0 Å². The van der Waals surface area contributed by atoms with E-state index in [9.17, 15) is 0 Å². The number of rotatable bonds is 11. The standard InChI is InChI=1S/C5H4BrN2S.3C4H9.Sn/c1-9-5-7-2-4(6)3-8-5;3*1-3-4-2;/h2H,1H3;3*1,3-4H2,2H3;. The number of hydrogen-bond acceptors (Lipinski definition) is 3. The molecule has 0 aliphatic rings. The predicted molar refractivity (Wildman–Crippen MR) is 106 cm³/mol. The van der Waals surface area contributed by atoms with Gasteiger partial charge in [0.1, 0.15) is 0 Å². The van der Waals surface area contributed by atoms with E-state index in [0.29, 0.717) is 0 Å². The molecular formula is C17H31BrN2SSn. The van der Waals surface area contributed by atoms with E-state index >= 15 is 0 Å². The molecule has 1 aromatic heterocycles. The molecule has 5 heteroatoms. The normalized spacial score (nSPS) is 11.9. The summed E-state index contributed by atoms with van der Waals surface area (Å²) in [6, 6.07) is 0. The summed E-state index contributed by atoms with van der Waals surface area (Å²) in [6.45, 7) is 6.95. The zero-order valence-electron chi connectivity index (χ0n) is 14.6. The van der Waals surface area contributed by atoms with Gasteiger partial charge in [-0.15, -0.1) is 0 Å². The summed E-state index contributed by atoms with van der Waals surface area (Å²) in [4.78, 5) is 9.47. The number of aromatic nitrogens is 2. The number of nitrogens with zero attached hydrogens (tertiary/aromatic N) is 2. The Morgan fingerprint density at radius 1 is 1.00 bits per heavy atom. The molecule has 126 valence electrons. The van der Waals surface area contributed by atoms with Gasteiger partial charge < -0.3 is 0 Å². The van der Waals surface area contributed by atoms with Gasteiger partial charge in [-0.2, -0.15) is 0 Å². The first-order chi connectivity index (χ1) is 10.6. The third kappa shape index (κ3) is 5.97. The summed E-state index contributed by atoms with van der Waals surface area (Å²) in [7, 11) is 0. The third-order valence-electron chi connectivity index (χ3n) is 4.43. The molecule has 2 nitrogen and oxygen atoms in total. The minimum absolute atomic E-state index is 0.948. The van der Waals surface area contributed by atoms with Crippen LogP contribution in [-0.2, 0) is 0 Å². The molecule has 1 aromatic rings. The Bertz CT molecular complexity index is 421. The minimum atomic E-state index is -2.44. The van der Waals surface area contributed by atoms with Gasteiger partial charge in [0.05, 0.1) is 0 Å². The summed E-state index contributed by atoms with van der Waals surface area (Å²) in [6.07, 6.45) is 12.1. The Labute approximate surface area is 153 Å².